The maximum absolute atomic E-state index is 10.4. The molecule has 1 fully saturated rings. The van der Waals surface area contributed by atoms with Crippen molar-refractivity contribution in [2.45, 2.75) is 38.8 Å². The Morgan fingerprint density at radius 1 is 1.25 bits per heavy atom. The molecule has 0 spiro atoms. The summed E-state index contributed by atoms with van der Waals surface area (Å²) in [6, 6.07) is 12.2. The molecule has 5 nitrogen and oxygen atoms in total. The largest absolute Gasteiger partial charge is 0.396 e. The summed E-state index contributed by atoms with van der Waals surface area (Å²) >= 11 is 0. The van der Waals surface area contributed by atoms with Gasteiger partial charge in [0.05, 0.1) is 24.1 Å². The van der Waals surface area contributed by atoms with Gasteiger partial charge in [-0.05, 0) is 31.0 Å². The van der Waals surface area contributed by atoms with Crippen LogP contribution in [0.3, 0.4) is 0 Å². The van der Waals surface area contributed by atoms with Crippen LogP contribution in [-0.2, 0) is 6.54 Å². The van der Waals surface area contributed by atoms with E-state index < -0.39 is 11.5 Å². The van der Waals surface area contributed by atoms with Crippen molar-refractivity contribution in [3.05, 3.63) is 48.3 Å². The first-order chi connectivity index (χ1) is 11.7. The molecular weight excluding hydrogens is 302 g/mol. The second-order valence-electron chi connectivity index (χ2n) is 6.86. The Morgan fingerprint density at radius 3 is 2.75 bits per heavy atom. The maximum Gasteiger partial charge on any atom is 0.0649 e. The Balaban J connectivity index is 1.77. The van der Waals surface area contributed by atoms with Crippen LogP contribution in [0.5, 0.6) is 0 Å². The van der Waals surface area contributed by atoms with E-state index in [1.54, 1.807) is 0 Å². The van der Waals surface area contributed by atoms with E-state index >= 15 is 0 Å². The van der Waals surface area contributed by atoms with Crippen LogP contribution in [0.2, 0.25) is 0 Å². The summed E-state index contributed by atoms with van der Waals surface area (Å²) < 4.78 is 1.96. The molecule has 0 saturated carbocycles. The van der Waals surface area contributed by atoms with Crippen molar-refractivity contribution >= 4 is 0 Å². The third kappa shape index (κ3) is 3.38. The second kappa shape index (κ2) is 7.47. The normalized spacial score (nSPS) is 25.0. The molecular formula is C19H27N3O2. The molecule has 1 aliphatic rings. The predicted molar refractivity (Wildman–Crippen MR) is 93.9 cm³/mol. The number of piperidine rings is 1. The molecule has 1 aromatic heterocycles. The van der Waals surface area contributed by atoms with Crippen LogP contribution < -0.4 is 0 Å². The van der Waals surface area contributed by atoms with E-state index in [0.29, 0.717) is 6.42 Å². The van der Waals surface area contributed by atoms with Crippen LogP contribution in [0.15, 0.2) is 42.6 Å². The number of likely N-dealkylation sites (tertiary alicyclic amines) is 1. The number of aromatic nitrogens is 2. The summed E-state index contributed by atoms with van der Waals surface area (Å²) in [5, 5.41) is 24.8. The molecule has 0 aliphatic carbocycles. The smallest absolute Gasteiger partial charge is 0.0649 e. The van der Waals surface area contributed by atoms with Crippen molar-refractivity contribution in [2.24, 2.45) is 5.41 Å². The van der Waals surface area contributed by atoms with Gasteiger partial charge in [-0.25, -0.2) is 4.68 Å². The minimum atomic E-state index is -0.419. The summed E-state index contributed by atoms with van der Waals surface area (Å²) in [5.74, 6) is 0. The van der Waals surface area contributed by atoms with E-state index in [2.05, 4.69) is 16.9 Å². The summed E-state index contributed by atoms with van der Waals surface area (Å²) in [6.45, 7) is 4.47. The predicted octanol–water partition coefficient (Wildman–Crippen LogP) is 2.22. The van der Waals surface area contributed by atoms with Crippen molar-refractivity contribution in [2.75, 3.05) is 19.7 Å². The third-order valence-corrected chi connectivity index (χ3v) is 5.13. The van der Waals surface area contributed by atoms with Gasteiger partial charge in [-0.15, -0.1) is 0 Å². The topological polar surface area (TPSA) is 61.5 Å². The molecule has 0 unspecified atom stereocenters. The van der Waals surface area contributed by atoms with Crippen molar-refractivity contribution in [3.8, 4) is 5.69 Å². The van der Waals surface area contributed by atoms with Gasteiger partial charge in [-0.1, -0.05) is 31.5 Å². The Labute approximate surface area is 143 Å². The van der Waals surface area contributed by atoms with E-state index in [1.165, 1.54) is 0 Å². The Bertz CT molecular complexity index is 643. The Kier molecular flexibility index (Phi) is 5.33. The fourth-order valence-corrected chi connectivity index (χ4v) is 3.84. The lowest BCUT2D eigenvalue weighted by Crippen LogP contribution is -2.53. The van der Waals surface area contributed by atoms with Gasteiger partial charge < -0.3 is 10.2 Å². The lowest BCUT2D eigenvalue weighted by molar-refractivity contribution is -0.0823. The molecule has 1 aliphatic heterocycles. The highest BCUT2D eigenvalue weighted by Crippen LogP contribution is 2.35. The van der Waals surface area contributed by atoms with E-state index in [1.807, 2.05) is 47.3 Å². The van der Waals surface area contributed by atoms with E-state index in [9.17, 15) is 10.2 Å². The molecule has 1 aromatic carbocycles. The molecule has 2 N–H and O–H groups in total. The summed E-state index contributed by atoms with van der Waals surface area (Å²) in [6.07, 6.45) is 3.93. The summed E-state index contributed by atoms with van der Waals surface area (Å²) in [5.41, 5.74) is 1.78. The molecule has 0 radical (unpaired) electrons. The molecule has 5 heteroatoms. The highest BCUT2D eigenvalue weighted by Gasteiger charge is 2.41. The zero-order valence-corrected chi connectivity index (χ0v) is 14.3. The quantitative estimate of drug-likeness (QED) is 0.853. The minimum Gasteiger partial charge on any atom is -0.396 e. The molecule has 0 bridgehead atoms. The zero-order chi connectivity index (χ0) is 17.0. The molecule has 3 rings (SSSR count). The van der Waals surface area contributed by atoms with Crippen LogP contribution >= 0.6 is 0 Å². The number of rotatable bonds is 6. The molecule has 2 heterocycles. The van der Waals surface area contributed by atoms with Crippen LogP contribution in [0.4, 0.5) is 0 Å². The molecule has 24 heavy (non-hydrogen) atoms. The minimum absolute atomic E-state index is 0.0381. The summed E-state index contributed by atoms with van der Waals surface area (Å²) in [7, 11) is 0. The van der Waals surface area contributed by atoms with Crippen molar-refractivity contribution in [3.63, 3.8) is 0 Å². The first-order valence-electron chi connectivity index (χ1n) is 8.78. The lowest BCUT2D eigenvalue weighted by Gasteiger charge is -2.45. The second-order valence-corrected chi connectivity index (χ2v) is 6.86. The Morgan fingerprint density at radius 2 is 2.04 bits per heavy atom. The highest BCUT2D eigenvalue weighted by atomic mass is 16.3. The van der Waals surface area contributed by atoms with Crippen LogP contribution in [0.1, 0.15) is 31.9 Å². The maximum atomic E-state index is 10.4. The number of benzene rings is 1. The van der Waals surface area contributed by atoms with Gasteiger partial charge in [0.25, 0.3) is 0 Å². The SMILES string of the molecule is CCC[C@@]1(CO)CN(Cc2ccnn2-c2ccccc2)CC[C@@H]1O. The first-order valence-corrected chi connectivity index (χ1v) is 8.78. The van der Waals surface area contributed by atoms with Gasteiger partial charge in [-0.2, -0.15) is 5.10 Å². The lowest BCUT2D eigenvalue weighted by atomic mass is 9.74. The van der Waals surface area contributed by atoms with Crippen molar-refractivity contribution < 1.29 is 10.2 Å². The van der Waals surface area contributed by atoms with Gasteiger partial charge in [0.1, 0.15) is 0 Å². The van der Waals surface area contributed by atoms with Gasteiger partial charge >= 0.3 is 0 Å². The first kappa shape index (κ1) is 17.1. The Hall–Kier alpha value is -1.69. The third-order valence-electron chi connectivity index (χ3n) is 5.13. The molecule has 2 aromatic rings. The molecule has 0 amide bonds. The van der Waals surface area contributed by atoms with Gasteiger partial charge in [0.15, 0.2) is 0 Å². The van der Waals surface area contributed by atoms with Crippen molar-refractivity contribution in [1.82, 2.24) is 14.7 Å². The number of aliphatic hydroxyl groups is 2. The fraction of sp³-hybridized carbons (Fsp3) is 0.526. The number of hydrogen-bond donors (Lipinski definition) is 2. The fourth-order valence-electron chi connectivity index (χ4n) is 3.84. The zero-order valence-electron chi connectivity index (χ0n) is 14.3. The molecule has 1 saturated heterocycles. The number of aliphatic hydroxyl groups excluding tert-OH is 2. The van der Waals surface area contributed by atoms with E-state index in [-0.39, 0.29) is 6.61 Å². The number of para-hydroxylation sites is 1. The van der Waals surface area contributed by atoms with E-state index in [0.717, 1.165) is 43.9 Å². The van der Waals surface area contributed by atoms with Crippen molar-refractivity contribution in [1.29, 1.82) is 0 Å². The number of nitrogens with zero attached hydrogens (tertiary/aromatic N) is 3. The van der Waals surface area contributed by atoms with Crippen LogP contribution in [0, 0.1) is 5.41 Å². The van der Waals surface area contributed by atoms with Crippen LogP contribution in [0.25, 0.3) is 5.69 Å². The van der Waals surface area contributed by atoms with Crippen LogP contribution in [-0.4, -0.2) is 50.7 Å². The number of hydrogen-bond acceptors (Lipinski definition) is 4. The summed E-state index contributed by atoms with van der Waals surface area (Å²) in [4.78, 5) is 2.33. The van der Waals surface area contributed by atoms with Gasteiger partial charge in [-0.3, -0.25) is 4.90 Å². The average molecular weight is 329 g/mol. The highest BCUT2D eigenvalue weighted by molar-refractivity contribution is 5.32. The van der Waals surface area contributed by atoms with E-state index in [4.69, 9.17) is 0 Å². The molecule has 2 atom stereocenters. The van der Waals surface area contributed by atoms with Gasteiger partial charge in [0, 0.05) is 31.2 Å². The molecule has 130 valence electrons. The average Bonchev–Trinajstić information content (AvgIpc) is 3.07. The standard InChI is InChI=1S/C19H27N3O2/c1-2-10-19(15-23)14-21(12-9-18(19)24)13-17-8-11-20-22(17)16-6-4-3-5-7-16/h3-8,11,18,23-24H,2,9-10,12-15H2,1H3/t18-,19-/m0/s1. The van der Waals surface area contributed by atoms with Gasteiger partial charge in [0.2, 0.25) is 0 Å². The monoisotopic (exact) mass is 329 g/mol.